The molecule has 0 unspecified atom stereocenters. The second-order valence-corrected chi connectivity index (χ2v) is 5.58. The van der Waals surface area contributed by atoms with Crippen LogP contribution in [0.15, 0.2) is 24.5 Å². The summed E-state index contributed by atoms with van der Waals surface area (Å²) in [6.45, 7) is 7.30. The Morgan fingerprint density at radius 3 is 2.59 bits per heavy atom. The Labute approximate surface area is 133 Å². The van der Waals surface area contributed by atoms with Gasteiger partial charge < -0.3 is 4.90 Å². The number of aromatic nitrogens is 2. The summed E-state index contributed by atoms with van der Waals surface area (Å²) >= 11 is 0. The molecule has 1 aromatic heterocycles. The summed E-state index contributed by atoms with van der Waals surface area (Å²) in [7, 11) is 3.99. The molecule has 4 nitrogen and oxygen atoms in total. The standard InChI is InChI=1S/C16H18N4.C2H6/c1-11-4-5-19(2)16-6-12(8-17)15(7-14(11)16)13-9-18-20(3)10-13;1-2/h6-7,9-11H,4-5H2,1-3H3;1-2H3/t11-;/m0./s1. The molecular weight excluding hydrogens is 272 g/mol. The predicted molar refractivity (Wildman–Crippen MR) is 91.0 cm³/mol. The van der Waals surface area contributed by atoms with Gasteiger partial charge in [-0.15, -0.1) is 0 Å². The molecule has 0 saturated heterocycles. The summed E-state index contributed by atoms with van der Waals surface area (Å²) in [6.07, 6.45) is 4.93. The number of benzene rings is 1. The van der Waals surface area contributed by atoms with E-state index in [1.54, 1.807) is 4.68 Å². The van der Waals surface area contributed by atoms with Gasteiger partial charge in [0.15, 0.2) is 0 Å². The zero-order valence-electron chi connectivity index (χ0n) is 14.1. The van der Waals surface area contributed by atoms with Gasteiger partial charge in [0.1, 0.15) is 0 Å². The van der Waals surface area contributed by atoms with Crippen molar-refractivity contribution in [2.75, 3.05) is 18.5 Å². The Bertz CT molecular complexity index is 694. The van der Waals surface area contributed by atoms with Crippen molar-refractivity contribution in [2.24, 2.45) is 7.05 Å². The van der Waals surface area contributed by atoms with Crippen LogP contribution < -0.4 is 4.90 Å². The molecule has 0 bridgehead atoms. The zero-order valence-corrected chi connectivity index (χ0v) is 14.1. The largest absolute Gasteiger partial charge is 0.374 e. The summed E-state index contributed by atoms with van der Waals surface area (Å²) < 4.78 is 1.77. The average Bonchev–Trinajstić information content (AvgIpc) is 2.98. The lowest BCUT2D eigenvalue weighted by molar-refractivity contribution is 0.637. The molecule has 22 heavy (non-hydrogen) atoms. The van der Waals surface area contributed by atoms with Gasteiger partial charge in [-0.2, -0.15) is 10.4 Å². The quantitative estimate of drug-likeness (QED) is 0.801. The van der Waals surface area contributed by atoms with E-state index < -0.39 is 0 Å². The minimum absolute atomic E-state index is 0.532. The Morgan fingerprint density at radius 1 is 1.27 bits per heavy atom. The van der Waals surface area contributed by atoms with Gasteiger partial charge in [-0.1, -0.05) is 20.8 Å². The fraction of sp³-hybridized carbons (Fsp3) is 0.444. The van der Waals surface area contributed by atoms with E-state index in [1.165, 1.54) is 11.3 Å². The van der Waals surface area contributed by atoms with Gasteiger partial charge in [-0.05, 0) is 30.0 Å². The fourth-order valence-electron chi connectivity index (χ4n) is 2.89. The number of nitrogens with zero attached hydrogens (tertiary/aromatic N) is 4. The lowest BCUT2D eigenvalue weighted by atomic mass is 9.87. The SMILES string of the molecule is CC.C[C@H]1CCN(C)c2cc(C#N)c(-c3cnn(C)c3)cc21. The Kier molecular flexibility index (Phi) is 4.87. The van der Waals surface area contributed by atoms with Gasteiger partial charge in [0.25, 0.3) is 0 Å². The molecule has 0 amide bonds. The van der Waals surface area contributed by atoms with E-state index in [4.69, 9.17) is 0 Å². The predicted octanol–water partition coefficient (Wildman–Crippen LogP) is 3.93. The van der Waals surface area contributed by atoms with E-state index in [0.717, 1.165) is 29.7 Å². The number of rotatable bonds is 1. The number of hydrogen-bond acceptors (Lipinski definition) is 3. The molecule has 116 valence electrons. The summed E-state index contributed by atoms with van der Waals surface area (Å²) in [5.41, 5.74) is 5.23. The lowest BCUT2D eigenvalue weighted by Gasteiger charge is -2.32. The van der Waals surface area contributed by atoms with E-state index in [2.05, 4.69) is 36.1 Å². The number of anilines is 1. The van der Waals surface area contributed by atoms with Gasteiger partial charge in [-0.25, -0.2) is 0 Å². The maximum Gasteiger partial charge on any atom is 0.0998 e. The first-order valence-electron chi connectivity index (χ1n) is 7.88. The second kappa shape index (κ2) is 6.65. The molecule has 3 rings (SSSR count). The Balaban J connectivity index is 0.000000847. The summed E-state index contributed by atoms with van der Waals surface area (Å²) in [6, 6.07) is 6.52. The molecule has 1 aliphatic heterocycles. The maximum atomic E-state index is 9.44. The van der Waals surface area contributed by atoms with Crippen LogP contribution in [0.5, 0.6) is 0 Å². The first-order chi connectivity index (χ1) is 10.6. The molecular formula is C18H24N4. The van der Waals surface area contributed by atoms with Crippen LogP contribution in [0.25, 0.3) is 11.1 Å². The van der Waals surface area contributed by atoms with Gasteiger partial charge >= 0.3 is 0 Å². The molecule has 0 fully saturated rings. The van der Waals surface area contributed by atoms with E-state index in [-0.39, 0.29) is 0 Å². The number of hydrogen-bond donors (Lipinski definition) is 0. The summed E-state index contributed by atoms with van der Waals surface area (Å²) in [5, 5.41) is 13.7. The molecule has 0 N–H and O–H groups in total. The highest BCUT2D eigenvalue weighted by Gasteiger charge is 2.22. The molecule has 4 heteroatoms. The number of fused-ring (bicyclic) bond motifs is 1. The highest BCUT2D eigenvalue weighted by molar-refractivity contribution is 5.76. The van der Waals surface area contributed by atoms with Crippen LogP contribution in [0.4, 0.5) is 5.69 Å². The summed E-state index contributed by atoms with van der Waals surface area (Å²) in [5.74, 6) is 0.532. The van der Waals surface area contributed by atoms with Gasteiger partial charge in [0.05, 0.1) is 17.8 Å². The van der Waals surface area contributed by atoms with Crippen molar-refractivity contribution in [2.45, 2.75) is 33.1 Å². The van der Waals surface area contributed by atoms with Crippen LogP contribution in [0, 0.1) is 11.3 Å². The van der Waals surface area contributed by atoms with Crippen molar-refractivity contribution in [3.63, 3.8) is 0 Å². The third kappa shape index (κ3) is 2.85. The minimum Gasteiger partial charge on any atom is -0.374 e. The average molecular weight is 296 g/mol. The highest BCUT2D eigenvalue weighted by Crippen LogP contribution is 2.38. The van der Waals surface area contributed by atoms with Crippen molar-refractivity contribution in [1.29, 1.82) is 5.26 Å². The topological polar surface area (TPSA) is 44.9 Å². The van der Waals surface area contributed by atoms with Crippen molar-refractivity contribution in [3.05, 3.63) is 35.7 Å². The van der Waals surface area contributed by atoms with E-state index >= 15 is 0 Å². The highest BCUT2D eigenvalue weighted by atomic mass is 15.2. The van der Waals surface area contributed by atoms with Gasteiger partial charge in [-0.3, -0.25) is 4.68 Å². The molecule has 0 saturated carbocycles. The van der Waals surface area contributed by atoms with Crippen LogP contribution in [-0.2, 0) is 7.05 Å². The monoisotopic (exact) mass is 296 g/mol. The van der Waals surface area contributed by atoms with Gasteiger partial charge in [0, 0.05) is 43.7 Å². The maximum absolute atomic E-state index is 9.44. The first kappa shape index (κ1) is 16.1. The van der Waals surface area contributed by atoms with Crippen molar-refractivity contribution in [1.82, 2.24) is 9.78 Å². The fourth-order valence-corrected chi connectivity index (χ4v) is 2.89. The van der Waals surface area contributed by atoms with Crippen LogP contribution in [0.3, 0.4) is 0 Å². The molecule has 1 aliphatic rings. The van der Waals surface area contributed by atoms with Crippen molar-refractivity contribution >= 4 is 5.69 Å². The van der Waals surface area contributed by atoms with Crippen LogP contribution in [0.2, 0.25) is 0 Å². The molecule has 2 heterocycles. The summed E-state index contributed by atoms with van der Waals surface area (Å²) in [4.78, 5) is 2.24. The molecule has 1 aromatic carbocycles. The molecule has 1 atom stereocenters. The second-order valence-electron chi connectivity index (χ2n) is 5.58. The van der Waals surface area contributed by atoms with Crippen LogP contribution >= 0.6 is 0 Å². The lowest BCUT2D eigenvalue weighted by Crippen LogP contribution is -2.26. The minimum atomic E-state index is 0.532. The first-order valence-corrected chi connectivity index (χ1v) is 7.88. The van der Waals surface area contributed by atoms with E-state index in [0.29, 0.717) is 5.92 Å². The molecule has 0 spiro atoms. The molecule has 0 aliphatic carbocycles. The number of aryl methyl sites for hydroxylation is 1. The Hall–Kier alpha value is -2.28. The third-order valence-corrected chi connectivity index (χ3v) is 4.14. The normalized spacial score (nSPS) is 16.4. The third-order valence-electron chi connectivity index (χ3n) is 4.14. The number of nitriles is 1. The van der Waals surface area contributed by atoms with E-state index in [1.807, 2.05) is 39.4 Å². The smallest absolute Gasteiger partial charge is 0.0998 e. The van der Waals surface area contributed by atoms with Crippen LogP contribution in [-0.4, -0.2) is 23.4 Å². The van der Waals surface area contributed by atoms with Gasteiger partial charge in [0.2, 0.25) is 0 Å². The van der Waals surface area contributed by atoms with Crippen LogP contribution in [0.1, 0.15) is 44.2 Å². The molecule has 0 radical (unpaired) electrons. The van der Waals surface area contributed by atoms with Crippen molar-refractivity contribution < 1.29 is 0 Å². The van der Waals surface area contributed by atoms with Crippen molar-refractivity contribution in [3.8, 4) is 17.2 Å². The Morgan fingerprint density at radius 2 is 2.00 bits per heavy atom. The molecule has 2 aromatic rings. The zero-order chi connectivity index (χ0) is 16.3. The van der Waals surface area contributed by atoms with E-state index in [9.17, 15) is 5.26 Å².